The summed E-state index contributed by atoms with van der Waals surface area (Å²) in [6, 6.07) is 5.31. The molecule has 0 spiro atoms. The lowest BCUT2D eigenvalue weighted by Gasteiger charge is -2.07. The van der Waals surface area contributed by atoms with Crippen molar-refractivity contribution in [3.8, 4) is 17.6 Å². The highest BCUT2D eigenvalue weighted by Gasteiger charge is 2.03. The standard InChI is InChI=1S/C13H16O4S/c1-11-10-13(17-8-9-18(2,15)16)6-5-12(11)4-3-7-14/h5-6,10,14H,7-9H2,1-2H3. The van der Waals surface area contributed by atoms with E-state index in [4.69, 9.17) is 9.84 Å². The van der Waals surface area contributed by atoms with Crippen LogP contribution in [0.25, 0.3) is 0 Å². The van der Waals surface area contributed by atoms with Crippen molar-refractivity contribution in [1.29, 1.82) is 0 Å². The lowest BCUT2D eigenvalue weighted by atomic mass is 10.1. The first-order chi connectivity index (χ1) is 8.42. The highest BCUT2D eigenvalue weighted by atomic mass is 32.2. The Balaban J connectivity index is 2.67. The second-order valence-corrected chi connectivity index (χ2v) is 6.17. The number of aryl methyl sites for hydroxylation is 1. The van der Waals surface area contributed by atoms with Crippen LogP contribution in [0, 0.1) is 18.8 Å². The SMILES string of the molecule is Cc1cc(OCCS(C)(=O)=O)ccc1C#CCO. The molecule has 0 aliphatic heterocycles. The van der Waals surface area contributed by atoms with E-state index < -0.39 is 9.84 Å². The zero-order chi connectivity index (χ0) is 13.6. The molecule has 0 bridgehead atoms. The molecule has 0 aromatic heterocycles. The van der Waals surface area contributed by atoms with E-state index in [1.165, 1.54) is 6.26 Å². The van der Waals surface area contributed by atoms with Crippen LogP contribution < -0.4 is 4.74 Å². The van der Waals surface area contributed by atoms with Crippen molar-refractivity contribution >= 4 is 9.84 Å². The highest BCUT2D eigenvalue weighted by molar-refractivity contribution is 7.90. The number of aliphatic hydroxyl groups is 1. The van der Waals surface area contributed by atoms with Crippen molar-refractivity contribution in [3.63, 3.8) is 0 Å². The molecule has 0 heterocycles. The van der Waals surface area contributed by atoms with E-state index in [0.717, 1.165) is 11.1 Å². The van der Waals surface area contributed by atoms with Crippen molar-refractivity contribution in [2.24, 2.45) is 0 Å². The quantitative estimate of drug-likeness (QED) is 0.819. The summed E-state index contributed by atoms with van der Waals surface area (Å²) in [5, 5.41) is 8.61. The first-order valence-electron chi connectivity index (χ1n) is 5.43. The van der Waals surface area contributed by atoms with Gasteiger partial charge in [-0.2, -0.15) is 0 Å². The summed E-state index contributed by atoms with van der Waals surface area (Å²) in [4.78, 5) is 0. The number of sulfone groups is 1. The molecule has 0 amide bonds. The Morgan fingerprint density at radius 2 is 2.11 bits per heavy atom. The molecule has 0 saturated carbocycles. The molecule has 1 aromatic carbocycles. The van der Waals surface area contributed by atoms with E-state index >= 15 is 0 Å². The molecule has 98 valence electrons. The molecule has 0 saturated heterocycles. The molecule has 0 unspecified atom stereocenters. The van der Waals surface area contributed by atoms with Crippen LogP contribution in [0.15, 0.2) is 18.2 Å². The molecule has 0 aliphatic rings. The van der Waals surface area contributed by atoms with E-state index in [9.17, 15) is 8.42 Å². The van der Waals surface area contributed by atoms with Crippen LogP contribution in [0.4, 0.5) is 0 Å². The van der Waals surface area contributed by atoms with Gasteiger partial charge < -0.3 is 9.84 Å². The fourth-order valence-electron chi connectivity index (χ4n) is 1.31. The molecule has 1 aromatic rings. The molecule has 0 atom stereocenters. The largest absolute Gasteiger partial charge is 0.493 e. The van der Waals surface area contributed by atoms with E-state index in [2.05, 4.69) is 11.8 Å². The topological polar surface area (TPSA) is 63.6 Å². The summed E-state index contributed by atoms with van der Waals surface area (Å²) in [5.74, 6) is 6.01. The smallest absolute Gasteiger partial charge is 0.150 e. The van der Waals surface area contributed by atoms with Gasteiger partial charge in [-0.25, -0.2) is 8.42 Å². The van der Waals surface area contributed by atoms with Gasteiger partial charge in [-0.05, 0) is 30.7 Å². The molecular weight excluding hydrogens is 252 g/mol. The molecule has 5 heteroatoms. The van der Waals surface area contributed by atoms with E-state index in [1.54, 1.807) is 18.2 Å². The van der Waals surface area contributed by atoms with Crippen molar-refractivity contribution < 1.29 is 18.3 Å². The number of ether oxygens (including phenoxy) is 1. The molecule has 4 nitrogen and oxygen atoms in total. The summed E-state index contributed by atoms with van der Waals surface area (Å²) in [7, 11) is -3.00. The summed E-state index contributed by atoms with van der Waals surface area (Å²) < 4.78 is 27.2. The Morgan fingerprint density at radius 3 is 2.67 bits per heavy atom. The van der Waals surface area contributed by atoms with Gasteiger partial charge in [0.2, 0.25) is 0 Å². The maximum Gasteiger partial charge on any atom is 0.150 e. The fourth-order valence-corrected chi connectivity index (χ4v) is 1.70. The maximum atomic E-state index is 10.9. The van der Waals surface area contributed by atoms with Crippen LogP contribution >= 0.6 is 0 Å². The van der Waals surface area contributed by atoms with Gasteiger partial charge in [-0.15, -0.1) is 0 Å². The van der Waals surface area contributed by atoms with E-state index in [1.807, 2.05) is 6.92 Å². The van der Waals surface area contributed by atoms with Crippen molar-refractivity contribution in [3.05, 3.63) is 29.3 Å². The van der Waals surface area contributed by atoms with Gasteiger partial charge in [0.15, 0.2) is 9.84 Å². The van der Waals surface area contributed by atoms with Crippen LogP contribution in [0.5, 0.6) is 5.75 Å². The first-order valence-corrected chi connectivity index (χ1v) is 7.49. The molecule has 1 N–H and O–H groups in total. The van der Waals surface area contributed by atoms with Gasteiger partial charge in [-0.1, -0.05) is 11.8 Å². The Kier molecular flexibility index (Phi) is 5.20. The molecule has 0 fully saturated rings. The monoisotopic (exact) mass is 268 g/mol. The van der Waals surface area contributed by atoms with Crippen LogP contribution in [0.3, 0.4) is 0 Å². The average molecular weight is 268 g/mol. The lowest BCUT2D eigenvalue weighted by molar-refractivity contribution is 0.341. The zero-order valence-electron chi connectivity index (χ0n) is 10.4. The van der Waals surface area contributed by atoms with Gasteiger partial charge in [0.1, 0.15) is 19.0 Å². The lowest BCUT2D eigenvalue weighted by Crippen LogP contribution is -2.12. The van der Waals surface area contributed by atoms with Crippen LogP contribution in [0.2, 0.25) is 0 Å². The summed E-state index contributed by atoms with van der Waals surface area (Å²) in [6.45, 7) is 1.84. The number of hydrogen-bond donors (Lipinski definition) is 1. The second-order valence-electron chi connectivity index (χ2n) is 3.91. The van der Waals surface area contributed by atoms with Gasteiger partial charge >= 0.3 is 0 Å². The Hall–Kier alpha value is -1.51. The highest BCUT2D eigenvalue weighted by Crippen LogP contribution is 2.16. The van der Waals surface area contributed by atoms with E-state index in [-0.39, 0.29) is 19.0 Å². The minimum atomic E-state index is -3.00. The third-order valence-electron chi connectivity index (χ3n) is 2.22. The number of rotatable bonds is 4. The Bertz CT molecular complexity index is 564. The van der Waals surface area contributed by atoms with Crippen molar-refractivity contribution in [2.75, 3.05) is 25.2 Å². The third kappa shape index (κ3) is 5.21. The van der Waals surface area contributed by atoms with Gasteiger partial charge in [0.25, 0.3) is 0 Å². The molecular formula is C13H16O4S. The summed E-state index contributed by atoms with van der Waals surface area (Å²) >= 11 is 0. The fraction of sp³-hybridized carbons (Fsp3) is 0.385. The number of aliphatic hydroxyl groups excluding tert-OH is 1. The first kappa shape index (κ1) is 14.6. The molecule has 0 radical (unpaired) electrons. The minimum absolute atomic E-state index is 0.00187. The van der Waals surface area contributed by atoms with Crippen LogP contribution in [-0.4, -0.2) is 38.7 Å². The summed E-state index contributed by atoms with van der Waals surface area (Å²) in [5.41, 5.74) is 1.74. The van der Waals surface area contributed by atoms with Gasteiger partial charge in [-0.3, -0.25) is 0 Å². The van der Waals surface area contributed by atoms with Crippen LogP contribution in [-0.2, 0) is 9.84 Å². The van der Waals surface area contributed by atoms with Gasteiger partial charge in [0, 0.05) is 11.8 Å². The third-order valence-corrected chi connectivity index (χ3v) is 3.13. The molecule has 18 heavy (non-hydrogen) atoms. The predicted molar refractivity (Wildman–Crippen MR) is 70.3 cm³/mol. The van der Waals surface area contributed by atoms with Crippen molar-refractivity contribution in [2.45, 2.75) is 6.92 Å². The Morgan fingerprint density at radius 1 is 1.39 bits per heavy atom. The van der Waals surface area contributed by atoms with Crippen molar-refractivity contribution in [1.82, 2.24) is 0 Å². The van der Waals surface area contributed by atoms with Crippen LogP contribution in [0.1, 0.15) is 11.1 Å². The van der Waals surface area contributed by atoms with Gasteiger partial charge in [0.05, 0.1) is 5.75 Å². The molecule has 0 aliphatic carbocycles. The molecule has 1 rings (SSSR count). The average Bonchev–Trinajstić information content (AvgIpc) is 2.26. The second kappa shape index (κ2) is 6.43. The van der Waals surface area contributed by atoms with E-state index in [0.29, 0.717) is 5.75 Å². The minimum Gasteiger partial charge on any atom is -0.493 e. The number of hydrogen-bond acceptors (Lipinski definition) is 4. The summed E-state index contributed by atoms with van der Waals surface area (Å²) in [6.07, 6.45) is 1.18. The normalized spacial score (nSPS) is 10.6. The zero-order valence-corrected chi connectivity index (χ0v) is 11.3. The number of benzene rings is 1. The maximum absolute atomic E-state index is 10.9. The Labute approximate surface area is 108 Å². The predicted octanol–water partition coefficient (Wildman–Crippen LogP) is 0.762.